The van der Waals surface area contributed by atoms with Crippen LogP contribution >= 0.6 is 12.6 Å². The van der Waals surface area contributed by atoms with Crippen LogP contribution in [0.25, 0.3) is 0 Å². The van der Waals surface area contributed by atoms with E-state index in [1.54, 1.807) is 0 Å². The normalized spacial score (nSPS) is 15.1. The smallest absolute Gasteiger partial charge is 0.327 e. The number of carboxylic acids is 1. The number of carbonyl (C=O) groups excluding carboxylic acids is 4. The predicted molar refractivity (Wildman–Crippen MR) is 91.8 cm³/mol. The molecule has 4 unspecified atom stereocenters. The van der Waals surface area contributed by atoms with Gasteiger partial charge in [0.2, 0.25) is 23.6 Å². The number of hydrogen-bond donors (Lipinski definition) is 8. The van der Waals surface area contributed by atoms with Gasteiger partial charge >= 0.3 is 5.97 Å². The molecule has 13 heteroatoms. The number of aliphatic carboxylic acids is 1. The molecule has 4 atom stereocenters. The molecule has 0 bridgehead atoms. The molecular formula is C13H23N5O7S. The van der Waals surface area contributed by atoms with Crippen LogP contribution in [-0.4, -0.2) is 76.3 Å². The maximum absolute atomic E-state index is 12.2. The highest BCUT2D eigenvalue weighted by Crippen LogP contribution is 2.00. The summed E-state index contributed by atoms with van der Waals surface area (Å²) in [6.45, 7) is 0.773. The van der Waals surface area contributed by atoms with Crippen molar-refractivity contribution in [1.82, 2.24) is 16.0 Å². The maximum Gasteiger partial charge on any atom is 0.327 e. The second-order valence-electron chi connectivity index (χ2n) is 5.30. The molecule has 0 saturated heterocycles. The Morgan fingerprint density at radius 2 is 1.58 bits per heavy atom. The van der Waals surface area contributed by atoms with E-state index in [0.29, 0.717) is 0 Å². The van der Waals surface area contributed by atoms with Gasteiger partial charge in [0.1, 0.15) is 18.1 Å². The second kappa shape index (κ2) is 11.3. The molecular weight excluding hydrogens is 370 g/mol. The number of hydrogen-bond acceptors (Lipinski definition) is 8. The number of nitrogens with one attached hydrogen (secondary N) is 3. The van der Waals surface area contributed by atoms with Gasteiger partial charge in [-0.2, -0.15) is 12.6 Å². The zero-order chi connectivity index (χ0) is 20.4. The fraction of sp³-hybridized carbons (Fsp3) is 0.615. The predicted octanol–water partition coefficient (Wildman–Crippen LogP) is -4.33. The molecule has 148 valence electrons. The molecule has 0 saturated carbocycles. The van der Waals surface area contributed by atoms with Gasteiger partial charge in [0.05, 0.1) is 19.1 Å². The summed E-state index contributed by atoms with van der Waals surface area (Å²) < 4.78 is 0. The fourth-order valence-corrected chi connectivity index (χ4v) is 2.01. The highest BCUT2D eigenvalue weighted by molar-refractivity contribution is 7.80. The molecule has 0 aliphatic rings. The van der Waals surface area contributed by atoms with Crippen LogP contribution in [0.3, 0.4) is 0 Å². The summed E-state index contributed by atoms with van der Waals surface area (Å²) >= 11 is 3.78. The molecule has 0 rings (SSSR count). The summed E-state index contributed by atoms with van der Waals surface area (Å²) in [4.78, 5) is 57.8. The van der Waals surface area contributed by atoms with Crippen molar-refractivity contribution in [3.63, 3.8) is 0 Å². The minimum atomic E-state index is -1.52. The molecule has 0 fully saturated rings. The Kier molecular flexibility index (Phi) is 10.2. The van der Waals surface area contributed by atoms with E-state index in [0.717, 1.165) is 0 Å². The highest BCUT2D eigenvalue weighted by atomic mass is 32.1. The zero-order valence-electron chi connectivity index (χ0n) is 14.0. The summed E-state index contributed by atoms with van der Waals surface area (Å²) in [6.07, 6.45) is -1.97. The minimum absolute atomic E-state index is 0.235. The zero-order valence-corrected chi connectivity index (χ0v) is 14.9. The first kappa shape index (κ1) is 23.6. The third kappa shape index (κ3) is 8.13. The summed E-state index contributed by atoms with van der Waals surface area (Å²) in [5.41, 5.74) is 10.2. The van der Waals surface area contributed by atoms with Gasteiger partial charge in [0, 0.05) is 5.75 Å². The van der Waals surface area contributed by atoms with Crippen LogP contribution in [0.4, 0.5) is 0 Å². The van der Waals surface area contributed by atoms with Crippen LogP contribution in [0.2, 0.25) is 0 Å². The molecule has 12 nitrogen and oxygen atoms in total. The minimum Gasteiger partial charge on any atom is -0.480 e. The average Bonchev–Trinajstić information content (AvgIpc) is 2.54. The lowest BCUT2D eigenvalue weighted by atomic mass is 10.1. The Bertz CT molecular complexity index is 557. The first-order chi connectivity index (χ1) is 12.0. The van der Waals surface area contributed by atoms with Gasteiger partial charge in [-0.1, -0.05) is 0 Å². The molecule has 0 aliphatic carbocycles. The number of aliphatic hydroxyl groups is 1. The van der Waals surface area contributed by atoms with Crippen molar-refractivity contribution in [3.8, 4) is 0 Å². The summed E-state index contributed by atoms with van der Waals surface area (Å²) in [6, 6.07) is -4.32. The van der Waals surface area contributed by atoms with Gasteiger partial charge in [-0.3, -0.25) is 19.2 Å². The Morgan fingerprint density at radius 3 is 1.96 bits per heavy atom. The van der Waals surface area contributed by atoms with E-state index < -0.39 is 66.8 Å². The van der Waals surface area contributed by atoms with E-state index >= 15 is 0 Å². The van der Waals surface area contributed by atoms with E-state index in [4.69, 9.17) is 16.6 Å². The lowest BCUT2D eigenvalue weighted by molar-refractivity contribution is -0.141. The summed E-state index contributed by atoms with van der Waals surface area (Å²) in [5, 5.41) is 24.9. The SMILES string of the molecule is CC(O)C(NC(=O)CN)C(=O)NC(CC(N)=O)C(=O)NC(CS)C(=O)O. The van der Waals surface area contributed by atoms with E-state index in [1.807, 2.05) is 0 Å². The molecule has 0 heterocycles. The molecule has 4 amide bonds. The first-order valence-corrected chi connectivity index (χ1v) is 8.06. The Labute approximate surface area is 154 Å². The number of carboxylic acid groups (broad SMARTS) is 1. The molecule has 26 heavy (non-hydrogen) atoms. The Morgan fingerprint density at radius 1 is 1.04 bits per heavy atom. The number of aliphatic hydroxyl groups excluding tert-OH is 1. The Hall–Kier alpha value is -2.38. The van der Waals surface area contributed by atoms with E-state index in [2.05, 4.69) is 28.6 Å². The number of thiol groups is 1. The van der Waals surface area contributed by atoms with Crippen molar-refractivity contribution in [3.05, 3.63) is 0 Å². The Balaban J connectivity index is 5.25. The molecule has 0 radical (unpaired) electrons. The van der Waals surface area contributed by atoms with Gasteiger partial charge in [0.25, 0.3) is 0 Å². The monoisotopic (exact) mass is 393 g/mol. The van der Waals surface area contributed by atoms with E-state index in [9.17, 15) is 29.1 Å². The number of primary amides is 1. The molecule has 0 aromatic heterocycles. The van der Waals surface area contributed by atoms with Crippen molar-refractivity contribution in [2.24, 2.45) is 11.5 Å². The number of rotatable bonds is 11. The largest absolute Gasteiger partial charge is 0.480 e. The maximum atomic E-state index is 12.2. The molecule has 9 N–H and O–H groups in total. The summed E-state index contributed by atoms with van der Waals surface area (Å²) in [7, 11) is 0. The lowest BCUT2D eigenvalue weighted by Gasteiger charge is -2.24. The number of nitrogens with two attached hydrogens (primary N) is 2. The first-order valence-electron chi connectivity index (χ1n) is 7.43. The van der Waals surface area contributed by atoms with E-state index in [-0.39, 0.29) is 5.75 Å². The average molecular weight is 393 g/mol. The summed E-state index contributed by atoms with van der Waals surface area (Å²) in [5.74, 6) is -5.25. The van der Waals surface area contributed by atoms with Crippen LogP contribution in [0.1, 0.15) is 13.3 Å². The molecule has 0 aromatic carbocycles. The van der Waals surface area contributed by atoms with Crippen molar-refractivity contribution in [2.75, 3.05) is 12.3 Å². The highest BCUT2D eigenvalue weighted by Gasteiger charge is 2.31. The van der Waals surface area contributed by atoms with Crippen LogP contribution in [0.15, 0.2) is 0 Å². The van der Waals surface area contributed by atoms with Gasteiger partial charge in [-0.05, 0) is 6.92 Å². The van der Waals surface area contributed by atoms with Gasteiger partial charge in [-0.15, -0.1) is 0 Å². The van der Waals surface area contributed by atoms with Crippen LogP contribution < -0.4 is 27.4 Å². The fourth-order valence-electron chi connectivity index (χ4n) is 1.77. The lowest BCUT2D eigenvalue weighted by Crippen LogP contribution is -2.59. The van der Waals surface area contributed by atoms with E-state index in [1.165, 1.54) is 6.92 Å². The number of amides is 4. The quantitative estimate of drug-likeness (QED) is 0.160. The number of carbonyl (C=O) groups is 5. The molecule has 0 aromatic rings. The molecule has 0 aliphatic heterocycles. The van der Waals surface area contributed by atoms with Crippen LogP contribution in [0, 0.1) is 0 Å². The van der Waals surface area contributed by atoms with Gasteiger partial charge in [-0.25, -0.2) is 4.79 Å². The van der Waals surface area contributed by atoms with Crippen LogP contribution in [-0.2, 0) is 24.0 Å². The van der Waals surface area contributed by atoms with Crippen molar-refractivity contribution < 1.29 is 34.2 Å². The molecule has 0 spiro atoms. The third-order valence-corrected chi connectivity index (χ3v) is 3.47. The van der Waals surface area contributed by atoms with Crippen LogP contribution in [0.5, 0.6) is 0 Å². The van der Waals surface area contributed by atoms with Gasteiger partial charge in [0.15, 0.2) is 0 Å². The third-order valence-electron chi connectivity index (χ3n) is 3.10. The second-order valence-corrected chi connectivity index (χ2v) is 5.67. The van der Waals surface area contributed by atoms with Crippen molar-refractivity contribution in [1.29, 1.82) is 0 Å². The van der Waals surface area contributed by atoms with Gasteiger partial charge < -0.3 is 37.6 Å². The standard InChI is InChI=1S/C13H23N5O7S/c1-5(19)10(18-9(21)3-14)12(23)16-6(2-8(15)20)11(22)17-7(4-26)13(24)25/h5-7,10,19,26H,2-4,14H2,1H3,(H2,15,20)(H,16,23)(H,17,22)(H,18,21)(H,24,25). The van der Waals surface area contributed by atoms with Crippen molar-refractivity contribution in [2.45, 2.75) is 37.6 Å². The topological polar surface area (TPSA) is 214 Å². The van der Waals surface area contributed by atoms with Crippen molar-refractivity contribution >= 4 is 42.2 Å².